The molecule has 1 aromatic rings. The SMILES string of the molecule is CN(C(=O)c1ncccc1C(=O)O)C1CCCCC1O. The molecule has 6 nitrogen and oxygen atoms in total. The van der Waals surface area contributed by atoms with E-state index in [0.29, 0.717) is 6.42 Å². The van der Waals surface area contributed by atoms with Crippen LogP contribution >= 0.6 is 0 Å². The lowest BCUT2D eigenvalue weighted by Crippen LogP contribution is -2.46. The summed E-state index contributed by atoms with van der Waals surface area (Å²) >= 11 is 0. The van der Waals surface area contributed by atoms with Gasteiger partial charge in [-0.2, -0.15) is 0 Å². The Labute approximate surface area is 117 Å². The van der Waals surface area contributed by atoms with Gasteiger partial charge in [0.25, 0.3) is 5.91 Å². The number of nitrogens with zero attached hydrogens (tertiary/aromatic N) is 2. The number of aromatic carboxylic acids is 1. The number of hydrogen-bond acceptors (Lipinski definition) is 4. The number of rotatable bonds is 3. The van der Waals surface area contributed by atoms with Crippen molar-refractivity contribution in [2.24, 2.45) is 0 Å². The molecule has 0 radical (unpaired) electrons. The van der Waals surface area contributed by atoms with Crippen molar-refractivity contribution in [1.82, 2.24) is 9.88 Å². The number of aliphatic hydroxyl groups is 1. The van der Waals surface area contributed by atoms with Crippen molar-refractivity contribution < 1.29 is 19.8 Å². The number of carboxylic acids is 1. The molecule has 108 valence electrons. The first-order chi connectivity index (χ1) is 9.52. The Hall–Kier alpha value is -1.95. The number of carbonyl (C=O) groups is 2. The van der Waals surface area contributed by atoms with E-state index in [4.69, 9.17) is 5.11 Å². The molecule has 1 heterocycles. The summed E-state index contributed by atoms with van der Waals surface area (Å²) in [6, 6.07) is 2.56. The summed E-state index contributed by atoms with van der Waals surface area (Å²) < 4.78 is 0. The second-order valence-corrected chi connectivity index (χ2v) is 5.04. The van der Waals surface area contributed by atoms with Crippen LogP contribution in [0.1, 0.15) is 46.5 Å². The van der Waals surface area contributed by atoms with Crippen LogP contribution in [0.3, 0.4) is 0 Å². The summed E-state index contributed by atoms with van der Waals surface area (Å²) in [4.78, 5) is 28.8. The third-order valence-corrected chi connectivity index (χ3v) is 3.75. The first kappa shape index (κ1) is 14.5. The van der Waals surface area contributed by atoms with Gasteiger partial charge in [0.1, 0.15) is 5.69 Å². The summed E-state index contributed by atoms with van der Waals surface area (Å²) in [5.41, 5.74) is -0.199. The fourth-order valence-electron chi connectivity index (χ4n) is 2.61. The van der Waals surface area contributed by atoms with Gasteiger partial charge >= 0.3 is 5.97 Å². The molecule has 1 aromatic heterocycles. The molecule has 2 rings (SSSR count). The molecule has 0 saturated heterocycles. The molecule has 0 aromatic carbocycles. The molecule has 1 amide bonds. The summed E-state index contributed by atoms with van der Waals surface area (Å²) in [6.45, 7) is 0. The summed E-state index contributed by atoms with van der Waals surface area (Å²) in [5.74, 6) is -1.65. The fraction of sp³-hybridized carbons (Fsp3) is 0.500. The van der Waals surface area contributed by atoms with Gasteiger partial charge in [0.15, 0.2) is 0 Å². The second-order valence-electron chi connectivity index (χ2n) is 5.04. The van der Waals surface area contributed by atoms with E-state index in [-0.39, 0.29) is 17.3 Å². The Morgan fingerprint density at radius 1 is 1.35 bits per heavy atom. The van der Waals surface area contributed by atoms with Gasteiger partial charge < -0.3 is 15.1 Å². The Kier molecular flexibility index (Phi) is 4.34. The summed E-state index contributed by atoms with van der Waals surface area (Å²) in [7, 11) is 1.59. The monoisotopic (exact) mass is 278 g/mol. The Balaban J connectivity index is 2.24. The molecule has 2 atom stereocenters. The third-order valence-electron chi connectivity index (χ3n) is 3.75. The van der Waals surface area contributed by atoms with Gasteiger partial charge in [0.2, 0.25) is 0 Å². The van der Waals surface area contributed by atoms with Crippen LogP contribution in [0, 0.1) is 0 Å². The summed E-state index contributed by atoms with van der Waals surface area (Å²) in [6.07, 6.45) is 4.12. The van der Waals surface area contributed by atoms with E-state index in [2.05, 4.69) is 4.98 Å². The minimum absolute atomic E-state index is 0.0831. The first-order valence-electron chi connectivity index (χ1n) is 6.66. The first-order valence-corrected chi connectivity index (χ1v) is 6.66. The molecule has 1 aliphatic rings. The van der Waals surface area contributed by atoms with Crippen molar-refractivity contribution in [2.75, 3.05) is 7.05 Å². The number of amides is 1. The molecule has 0 bridgehead atoms. The molecule has 2 N–H and O–H groups in total. The Bertz CT molecular complexity index is 518. The van der Waals surface area contributed by atoms with Gasteiger partial charge in [0.05, 0.1) is 17.7 Å². The standard InChI is InChI=1S/C14H18N2O4/c1-16(10-6-2-3-7-11(10)17)13(18)12-9(14(19)20)5-4-8-15-12/h4-5,8,10-11,17H,2-3,6-7H2,1H3,(H,19,20). The molecule has 1 fully saturated rings. The van der Waals surface area contributed by atoms with Crippen molar-refractivity contribution in [3.8, 4) is 0 Å². The minimum Gasteiger partial charge on any atom is -0.478 e. The zero-order chi connectivity index (χ0) is 14.7. The quantitative estimate of drug-likeness (QED) is 0.865. The van der Waals surface area contributed by atoms with E-state index < -0.39 is 18.0 Å². The molecule has 1 saturated carbocycles. The van der Waals surface area contributed by atoms with Crippen LogP contribution in [0.25, 0.3) is 0 Å². The summed E-state index contributed by atoms with van der Waals surface area (Å²) in [5, 5.41) is 19.1. The van der Waals surface area contributed by atoms with Crippen LogP contribution in [0.15, 0.2) is 18.3 Å². The van der Waals surface area contributed by atoms with Crippen molar-refractivity contribution >= 4 is 11.9 Å². The van der Waals surface area contributed by atoms with Crippen molar-refractivity contribution in [2.45, 2.75) is 37.8 Å². The molecular weight excluding hydrogens is 260 g/mol. The second kappa shape index (κ2) is 6.00. The number of aliphatic hydroxyl groups excluding tert-OH is 1. The highest BCUT2D eigenvalue weighted by Crippen LogP contribution is 2.23. The Morgan fingerprint density at radius 2 is 2.05 bits per heavy atom. The topological polar surface area (TPSA) is 90.7 Å². The average Bonchev–Trinajstić information content (AvgIpc) is 2.46. The number of carbonyl (C=O) groups excluding carboxylic acids is 1. The van der Waals surface area contributed by atoms with E-state index >= 15 is 0 Å². The van der Waals surface area contributed by atoms with Gasteiger partial charge in [-0.25, -0.2) is 4.79 Å². The van der Waals surface area contributed by atoms with Crippen LogP contribution in [-0.4, -0.2) is 51.2 Å². The van der Waals surface area contributed by atoms with Gasteiger partial charge in [0, 0.05) is 13.2 Å². The lowest BCUT2D eigenvalue weighted by molar-refractivity contribution is 0.0262. The van der Waals surface area contributed by atoms with E-state index in [1.165, 1.54) is 23.2 Å². The highest BCUT2D eigenvalue weighted by atomic mass is 16.4. The molecule has 1 aliphatic carbocycles. The molecule has 6 heteroatoms. The van der Waals surface area contributed by atoms with E-state index in [0.717, 1.165) is 19.3 Å². The average molecular weight is 278 g/mol. The number of likely N-dealkylation sites (N-methyl/N-ethyl adjacent to an activating group) is 1. The van der Waals surface area contributed by atoms with E-state index in [1.807, 2.05) is 0 Å². The van der Waals surface area contributed by atoms with Crippen LogP contribution in [-0.2, 0) is 0 Å². The molecule has 20 heavy (non-hydrogen) atoms. The minimum atomic E-state index is -1.18. The lowest BCUT2D eigenvalue weighted by atomic mass is 9.91. The number of carboxylic acid groups (broad SMARTS) is 1. The van der Waals surface area contributed by atoms with Gasteiger partial charge in [-0.15, -0.1) is 0 Å². The van der Waals surface area contributed by atoms with Crippen molar-refractivity contribution in [1.29, 1.82) is 0 Å². The maximum atomic E-state index is 12.4. The van der Waals surface area contributed by atoms with Crippen LogP contribution in [0.2, 0.25) is 0 Å². The molecular formula is C14H18N2O4. The smallest absolute Gasteiger partial charge is 0.338 e. The molecule has 0 spiro atoms. The van der Waals surface area contributed by atoms with Gasteiger partial charge in [-0.3, -0.25) is 9.78 Å². The van der Waals surface area contributed by atoms with Gasteiger partial charge in [-0.1, -0.05) is 12.8 Å². The fourth-order valence-corrected chi connectivity index (χ4v) is 2.61. The van der Waals surface area contributed by atoms with Gasteiger partial charge in [-0.05, 0) is 25.0 Å². The number of hydrogen-bond donors (Lipinski definition) is 2. The van der Waals surface area contributed by atoms with Crippen molar-refractivity contribution in [3.05, 3.63) is 29.6 Å². The predicted octanol–water partition coefficient (Wildman–Crippen LogP) is 1.16. The number of aromatic nitrogens is 1. The van der Waals surface area contributed by atoms with Crippen LogP contribution in [0.5, 0.6) is 0 Å². The molecule has 2 unspecified atom stereocenters. The third kappa shape index (κ3) is 2.80. The lowest BCUT2D eigenvalue weighted by Gasteiger charge is -2.35. The van der Waals surface area contributed by atoms with Crippen molar-refractivity contribution in [3.63, 3.8) is 0 Å². The van der Waals surface area contributed by atoms with Crippen LogP contribution in [0.4, 0.5) is 0 Å². The highest BCUT2D eigenvalue weighted by molar-refractivity contribution is 6.03. The maximum absolute atomic E-state index is 12.4. The normalized spacial score (nSPS) is 22.3. The Morgan fingerprint density at radius 3 is 2.70 bits per heavy atom. The van der Waals surface area contributed by atoms with E-state index in [9.17, 15) is 14.7 Å². The van der Waals surface area contributed by atoms with E-state index in [1.54, 1.807) is 7.05 Å². The predicted molar refractivity (Wildman–Crippen MR) is 71.6 cm³/mol. The molecule has 0 aliphatic heterocycles. The number of pyridine rings is 1. The largest absolute Gasteiger partial charge is 0.478 e. The zero-order valence-corrected chi connectivity index (χ0v) is 11.3. The van der Waals surface area contributed by atoms with Crippen LogP contribution < -0.4 is 0 Å². The zero-order valence-electron chi connectivity index (χ0n) is 11.3. The maximum Gasteiger partial charge on any atom is 0.338 e. The highest BCUT2D eigenvalue weighted by Gasteiger charge is 2.31.